The fraction of sp³-hybridized carbons (Fsp3) is 0.364. The molecule has 0 radical (unpaired) electrons. The number of isocyanates is 1. The first kappa shape index (κ1) is 12.9. The van der Waals surface area contributed by atoms with Crippen molar-refractivity contribution in [2.45, 2.75) is 0 Å². The van der Waals surface area contributed by atoms with Crippen LogP contribution >= 0.6 is 15.9 Å². The summed E-state index contributed by atoms with van der Waals surface area (Å²) in [6, 6.07) is 5.29. The Balaban J connectivity index is 2.75. The number of aliphatic imine (C=N–C) groups is 1. The van der Waals surface area contributed by atoms with E-state index in [2.05, 4.69) is 20.9 Å². The molecule has 5 heteroatoms. The highest BCUT2D eigenvalue weighted by Crippen LogP contribution is 2.30. The maximum atomic E-state index is 10.2. The van der Waals surface area contributed by atoms with E-state index in [4.69, 9.17) is 4.74 Å². The van der Waals surface area contributed by atoms with Crippen LogP contribution in [0.2, 0.25) is 0 Å². The minimum atomic E-state index is 0.497. The summed E-state index contributed by atoms with van der Waals surface area (Å²) in [5.41, 5.74) is 0.497. The summed E-state index contributed by atoms with van der Waals surface area (Å²) in [7, 11) is 3.93. The highest BCUT2D eigenvalue weighted by atomic mass is 79.9. The molecule has 0 unspecified atom stereocenters. The van der Waals surface area contributed by atoms with E-state index in [-0.39, 0.29) is 0 Å². The van der Waals surface area contributed by atoms with Gasteiger partial charge in [0.1, 0.15) is 18.0 Å². The molecule has 4 nitrogen and oxygen atoms in total. The predicted molar refractivity (Wildman–Crippen MR) is 66.0 cm³/mol. The molecule has 0 aliphatic heterocycles. The van der Waals surface area contributed by atoms with E-state index in [9.17, 15) is 4.79 Å². The van der Waals surface area contributed by atoms with E-state index in [0.29, 0.717) is 18.0 Å². The number of hydrogen-bond donors (Lipinski definition) is 0. The molecule has 0 aliphatic rings. The number of likely N-dealkylation sites (N-methyl/N-ethyl adjacent to an activating group) is 1. The second-order valence-electron chi connectivity index (χ2n) is 3.47. The van der Waals surface area contributed by atoms with E-state index in [1.165, 1.54) is 6.08 Å². The molecule has 0 N–H and O–H groups in total. The van der Waals surface area contributed by atoms with Crippen LogP contribution in [-0.2, 0) is 4.79 Å². The molecule has 16 heavy (non-hydrogen) atoms. The standard InChI is InChI=1S/C11H13BrN2O2/c1-14(2)5-6-16-11-7-9(12)3-4-10(11)13-8-15/h3-4,7H,5-6H2,1-2H3. The molecule has 0 aliphatic carbocycles. The highest BCUT2D eigenvalue weighted by molar-refractivity contribution is 9.10. The van der Waals surface area contributed by atoms with Crippen LogP contribution in [0.15, 0.2) is 27.7 Å². The summed E-state index contributed by atoms with van der Waals surface area (Å²) >= 11 is 3.34. The van der Waals surface area contributed by atoms with Crippen LogP contribution in [0, 0.1) is 0 Å². The number of carbonyl (C=O) groups excluding carboxylic acids is 1. The van der Waals surface area contributed by atoms with Crippen molar-refractivity contribution in [3.8, 4) is 5.75 Å². The van der Waals surface area contributed by atoms with Crippen LogP contribution in [0.3, 0.4) is 0 Å². The third-order valence-electron chi connectivity index (χ3n) is 1.88. The van der Waals surface area contributed by atoms with Crippen molar-refractivity contribution in [2.75, 3.05) is 27.2 Å². The fourth-order valence-corrected chi connectivity index (χ4v) is 1.42. The molecule has 0 bridgehead atoms. The molecular weight excluding hydrogens is 272 g/mol. The number of ether oxygens (including phenoxy) is 1. The van der Waals surface area contributed by atoms with Crippen molar-refractivity contribution in [3.63, 3.8) is 0 Å². The minimum absolute atomic E-state index is 0.497. The van der Waals surface area contributed by atoms with Crippen LogP contribution in [0.25, 0.3) is 0 Å². The molecular formula is C11H13BrN2O2. The van der Waals surface area contributed by atoms with E-state index < -0.39 is 0 Å². The van der Waals surface area contributed by atoms with Crippen molar-refractivity contribution in [1.29, 1.82) is 0 Å². The van der Waals surface area contributed by atoms with Gasteiger partial charge in [0.2, 0.25) is 6.08 Å². The SMILES string of the molecule is CN(C)CCOc1cc(Br)ccc1N=C=O. The Morgan fingerprint density at radius 1 is 1.50 bits per heavy atom. The number of rotatable bonds is 5. The zero-order valence-corrected chi connectivity index (χ0v) is 10.8. The molecule has 0 saturated heterocycles. The molecule has 0 amide bonds. The lowest BCUT2D eigenvalue weighted by Gasteiger charge is -2.12. The molecule has 0 saturated carbocycles. The summed E-state index contributed by atoms with van der Waals surface area (Å²) in [6.45, 7) is 1.35. The van der Waals surface area contributed by atoms with Crippen molar-refractivity contribution in [3.05, 3.63) is 22.7 Å². The Bertz CT molecular complexity index is 401. The zero-order chi connectivity index (χ0) is 12.0. The molecule has 0 heterocycles. The highest BCUT2D eigenvalue weighted by Gasteiger charge is 2.03. The molecule has 86 valence electrons. The second-order valence-corrected chi connectivity index (χ2v) is 4.38. The van der Waals surface area contributed by atoms with E-state index >= 15 is 0 Å². The Hall–Kier alpha value is -1.16. The second kappa shape index (κ2) is 6.43. The van der Waals surface area contributed by atoms with Crippen molar-refractivity contribution in [2.24, 2.45) is 4.99 Å². The minimum Gasteiger partial charge on any atom is -0.490 e. The number of benzene rings is 1. The van der Waals surface area contributed by atoms with Crippen molar-refractivity contribution in [1.82, 2.24) is 4.90 Å². The maximum Gasteiger partial charge on any atom is 0.240 e. The Morgan fingerprint density at radius 2 is 2.25 bits per heavy atom. The Morgan fingerprint density at radius 3 is 2.88 bits per heavy atom. The summed E-state index contributed by atoms with van der Waals surface area (Å²) < 4.78 is 6.42. The van der Waals surface area contributed by atoms with Gasteiger partial charge >= 0.3 is 0 Å². The quantitative estimate of drug-likeness (QED) is 0.616. The van der Waals surface area contributed by atoms with Gasteiger partial charge in [0.15, 0.2) is 0 Å². The fourth-order valence-electron chi connectivity index (χ4n) is 1.08. The van der Waals surface area contributed by atoms with Crippen molar-refractivity contribution >= 4 is 27.7 Å². The van der Waals surface area contributed by atoms with E-state index in [1.54, 1.807) is 18.2 Å². The first-order valence-electron chi connectivity index (χ1n) is 4.78. The smallest absolute Gasteiger partial charge is 0.240 e. The summed E-state index contributed by atoms with van der Waals surface area (Å²) in [5.74, 6) is 0.583. The van der Waals surface area contributed by atoms with E-state index in [0.717, 1.165) is 11.0 Å². The zero-order valence-electron chi connectivity index (χ0n) is 9.24. The Labute approximate surface area is 103 Å². The third kappa shape index (κ3) is 4.14. The van der Waals surface area contributed by atoms with Gasteiger partial charge in [0.25, 0.3) is 0 Å². The van der Waals surface area contributed by atoms with Crippen LogP contribution < -0.4 is 4.74 Å². The summed E-state index contributed by atoms with van der Waals surface area (Å²) in [4.78, 5) is 15.8. The largest absolute Gasteiger partial charge is 0.490 e. The van der Waals surface area contributed by atoms with Gasteiger partial charge in [-0.2, -0.15) is 4.99 Å². The summed E-state index contributed by atoms with van der Waals surface area (Å²) in [5, 5.41) is 0. The number of nitrogens with zero attached hydrogens (tertiary/aromatic N) is 2. The lowest BCUT2D eigenvalue weighted by atomic mass is 10.3. The normalized spacial score (nSPS) is 10.0. The van der Waals surface area contributed by atoms with Crippen LogP contribution in [-0.4, -0.2) is 38.2 Å². The predicted octanol–water partition coefficient (Wildman–Crippen LogP) is 2.36. The van der Waals surface area contributed by atoms with Gasteiger partial charge in [-0.05, 0) is 32.3 Å². The van der Waals surface area contributed by atoms with Gasteiger partial charge in [-0.15, -0.1) is 0 Å². The third-order valence-corrected chi connectivity index (χ3v) is 2.38. The van der Waals surface area contributed by atoms with E-state index in [1.807, 2.05) is 19.0 Å². The average molecular weight is 285 g/mol. The lowest BCUT2D eigenvalue weighted by Crippen LogP contribution is -2.19. The van der Waals surface area contributed by atoms with Gasteiger partial charge in [-0.3, -0.25) is 0 Å². The van der Waals surface area contributed by atoms with Crippen LogP contribution in [0.5, 0.6) is 5.75 Å². The first-order chi connectivity index (χ1) is 7.63. The Kier molecular flexibility index (Phi) is 5.19. The van der Waals surface area contributed by atoms with Gasteiger partial charge in [0.05, 0.1) is 0 Å². The average Bonchev–Trinajstić information content (AvgIpc) is 2.21. The molecule has 1 aromatic rings. The summed E-state index contributed by atoms with van der Waals surface area (Å²) in [6.07, 6.45) is 1.51. The monoisotopic (exact) mass is 284 g/mol. The topological polar surface area (TPSA) is 41.9 Å². The molecule has 1 rings (SSSR count). The molecule has 0 spiro atoms. The van der Waals surface area contributed by atoms with Crippen LogP contribution in [0.4, 0.5) is 5.69 Å². The first-order valence-corrected chi connectivity index (χ1v) is 5.57. The number of halogens is 1. The molecule has 0 aromatic heterocycles. The lowest BCUT2D eigenvalue weighted by molar-refractivity contribution is 0.262. The molecule has 0 atom stereocenters. The van der Waals surface area contributed by atoms with Gasteiger partial charge in [-0.25, -0.2) is 4.79 Å². The van der Waals surface area contributed by atoms with Gasteiger partial charge < -0.3 is 9.64 Å². The van der Waals surface area contributed by atoms with Gasteiger partial charge in [-0.1, -0.05) is 15.9 Å². The number of hydrogen-bond acceptors (Lipinski definition) is 4. The van der Waals surface area contributed by atoms with Crippen LogP contribution in [0.1, 0.15) is 0 Å². The van der Waals surface area contributed by atoms with Crippen molar-refractivity contribution < 1.29 is 9.53 Å². The van der Waals surface area contributed by atoms with Gasteiger partial charge in [0, 0.05) is 11.0 Å². The molecule has 0 fully saturated rings. The maximum absolute atomic E-state index is 10.2. The molecule has 1 aromatic carbocycles.